The van der Waals surface area contributed by atoms with Gasteiger partial charge in [-0.25, -0.2) is 9.97 Å². The average Bonchev–Trinajstić information content (AvgIpc) is 2.42. The summed E-state index contributed by atoms with van der Waals surface area (Å²) in [6.45, 7) is 0. The van der Waals surface area contributed by atoms with E-state index in [0.717, 1.165) is 18.4 Å². The van der Waals surface area contributed by atoms with Crippen LogP contribution in [-0.4, -0.2) is 9.97 Å². The van der Waals surface area contributed by atoms with E-state index < -0.39 is 0 Å². The number of benzene rings is 1. The van der Waals surface area contributed by atoms with Gasteiger partial charge in [0.1, 0.15) is 0 Å². The van der Waals surface area contributed by atoms with E-state index in [1.54, 1.807) is 12.4 Å². The molecule has 1 heterocycles. The topological polar surface area (TPSA) is 49.6 Å². The van der Waals surface area contributed by atoms with Crippen molar-refractivity contribution in [2.24, 2.45) is 0 Å². The maximum absolute atomic E-state index is 9.19. The van der Waals surface area contributed by atoms with Crippen LogP contribution >= 0.6 is 11.6 Å². The molecule has 1 aromatic carbocycles. The highest BCUT2D eigenvalue weighted by molar-refractivity contribution is 6.28. The smallest absolute Gasteiger partial charge is 0.222 e. The summed E-state index contributed by atoms with van der Waals surface area (Å²) >= 11 is 5.63. The first-order valence-corrected chi connectivity index (χ1v) is 6.08. The summed E-state index contributed by atoms with van der Waals surface area (Å²) in [6.07, 6.45) is 4.86. The van der Waals surface area contributed by atoms with Gasteiger partial charge in [-0.3, -0.25) is 0 Å². The molecule has 0 saturated carbocycles. The molecule has 0 bridgehead atoms. The van der Waals surface area contributed by atoms with E-state index >= 15 is 0 Å². The fourth-order valence-electron chi connectivity index (χ4n) is 1.76. The quantitative estimate of drug-likeness (QED) is 0.789. The Labute approximate surface area is 111 Å². The first-order valence-electron chi connectivity index (χ1n) is 5.70. The Morgan fingerprint density at radius 3 is 2.44 bits per heavy atom. The first kappa shape index (κ1) is 12.5. The maximum Gasteiger partial charge on any atom is 0.222 e. The van der Waals surface area contributed by atoms with Gasteiger partial charge in [0.25, 0.3) is 0 Å². The van der Waals surface area contributed by atoms with Crippen molar-refractivity contribution in [2.75, 3.05) is 0 Å². The molecule has 0 aliphatic rings. The van der Waals surface area contributed by atoms with E-state index in [1.165, 1.54) is 5.56 Å². The standard InChI is InChI=1S/C14H12ClN3/c15-14-17-9-13(10-18-14)12(8-16)7-6-11-4-2-1-3-5-11/h1-5,9-10,12H,6-7H2/t12-/m1/s1. The predicted octanol–water partition coefficient (Wildman–Crippen LogP) is 3.37. The summed E-state index contributed by atoms with van der Waals surface area (Å²) in [7, 11) is 0. The van der Waals surface area contributed by atoms with Gasteiger partial charge in [0, 0.05) is 18.0 Å². The van der Waals surface area contributed by atoms with Crippen LogP contribution in [0.1, 0.15) is 23.5 Å². The minimum atomic E-state index is -0.192. The van der Waals surface area contributed by atoms with Crippen LogP contribution in [-0.2, 0) is 6.42 Å². The highest BCUT2D eigenvalue weighted by Crippen LogP contribution is 2.20. The van der Waals surface area contributed by atoms with E-state index in [1.807, 2.05) is 18.2 Å². The highest BCUT2D eigenvalue weighted by atomic mass is 35.5. The van der Waals surface area contributed by atoms with Crippen molar-refractivity contribution in [3.63, 3.8) is 0 Å². The fourth-order valence-corrected chi connectivity index (χ4v) is 1.86. The minimum absolute atomic E-state index is 0.192. The van der Waals surface area contributed by atoms with E-state index in [0.29, 0.717) is 0 Å². The summed E-state index contributed by atoms with van der Waals surface area (Å²) in [4.78, 5) is 7.81. The lowest BCUT2D eigenvalue weighted by molar-refractivity contribution is 0.739. The second kappa shape index (κ2) is 6.13. The molecule has 2 aromatic rings. The molecule has 90 valence electrons. The average molecular weight is 258 g/mol. The molecule has 0 unspecified atom stereocenters. The molecule has 18 heavy (non-hydrogen) atoms. The van der Waals surface area contributed by atoms with Gasteiger partial charge < -0.3 is 0 Å². The Morgan fingerprint density at radius 2 is 1.83 bits per heavy atom. The van der Waals surface area contributed by atoms with Gasteiger partial charge in [0.15, 0.2) is 0 Å². The third-order valence-corrected chi connectivity index (χ3v) is 2.96. The van der Waals surface area contributed by atoms with Gasteiger partial charge in [-0.05, 0) is 30.0 Å². The lowest BCUT2D eigenvalue weighted by Crippen LogP contribution is -2.00. The van der Waals surface area contributed by atoms with Gasteiger partial charge >= 0.3 is 0 Å². The van der Waals surface area contributed by atoms with Crippen LogP contribution in [0.3, 0.4) is 0 Å². The largest absolute Gasteiger partial charge is 0.226 e. The zero-order valence-corrected chi connectivity index (χ0v) is 10.5. The van der Waals surface area contributed by atoms with Crippen LogP contribution in [0.4, 0.5) is 0 Å². The van der Waals surface area contributed by atoms with Crippen LogP contribution in [0.5, 0.6) is 0 Å². The van der Waals surface area contributed by atoms with Crippen molar-refractivity contribution in [2.45, 2.75) is 18.8 Å². The molecule has 1 atom stereocenters. The van der Waals surface area contributed by atoms with Crippen LogP contribution < -0.4 is 0 Å². The summed E-state index contributed by atoms with van der Waals surface area (Å²) in [5, 5.41) is 9.40. The monoisotopic (exact) mass is 257 g/mol. The van der Waals surface area contributed by atoms with Crippen LogP contribution in [0, 0.1) is 11.3 Å². The third kappa shape index (κ3) is 3.28. The van der Waals surface area contributed by atoms with Crippen molar-refractivity contribution in [3.8, 4) is 6.07 Å². The summed E-state index contributed by atoms with van der Waals surface area (Å²) in [5.74, 6) is -0.192. The van der Waals surface area contributed by atoms with Gasteiger partial charge in [0.05, 0.1) is 12.0 Å². The molecule has 1 aromatic heterocycles. The molecular formula is C14H12ClN3. The van der Waals surface area contributed by atoms with Crippen molar-refractivity contribution < 1.29 is 0 Å². The van der Waals surface area contributed by atoms with E-state index in [4.69, 9.17) is 11.6 Å². The summed E-state index contributed by atoms with van der Waals surface area (Å²) in [6, 6.07) is 12.4. The van der Waals surface area contributed by atoms with Crippen molar-refractivity contribution in [1.29, 1.82) is 5.26 Å². The third-order valence-electron chi connectivity index (χ3n) is 2.76. The van der Waals surface area contributed by atoms with Crippen molar-refractivity contribution in [1.82, 2.24) is 9.97 Å². The first-order chi connectivity index (χ1) is 8.79. The van der Waals surface area contributed by atoms with Crippen LogP contribution in [0.25, 0.3) is 0 Å². The van der Waals surface area contributed by atoms with E-state index in [2.05, 4.69) is 28.2 Å². The Hall–Kier alpha value is -1.92. The molecule has 4 heteroatoms. The Kier molecular flexibility index (Phi) is 4.27. The van der Waals surface area contributed by atoms with Crippen LogP contribution in [0.2, 0.25) is 5.28 Å². The lowest BCUT2D eigenvalue weighted by atomic mass is 9.96. The Morgan fingerprint density at radius 1 is 1.17 bits per heavy atom. The molecule has 0 aliphatic heterocycles. The predicted molar refractivity (Wildman–Crippen MR) is 70.2 cm³/mol. The normalized spacial score (nSPS) is 11.8. The van der Waals surface area contributed by atoms with Gasteiger partial charge in [-0.1, -0.05) is 30.3 Å². The molecule has 0 N–H and O–H groups in total. The van der Waals surface area contributed by atoms with Crippen molar-refractivity contribution in [3.05, 3.63) is 59.1 Å². The molecule has 0 saturated heterocycles. The molecule has 3 nitrogen and oxygen atoms in total. The number of aromatic nitrogens is 2. The second-order valence-electron chi connectivity index (χ2n) is 3.99. The number of aryl methyl sites for hydroxylation is 1. The molecule has 2 rings (SSSR count). The zero-order chi connectivity index (χ0) is 12.8. The number of halogens is 1. The number of hydrogen-bond acceptors (Lipinski definition) is 3. The summed E-state index contributed by atoms with van der Waals surface area (Å²) in [5.41, 5.74) is 2.05. The molecular weight excluding hydrogens is 246 g/mol. The molecule has 0 radical (unpaired) electrons. The van der Waals surface area contributed by atoms with Gasteiger partial charge in [-0.2, -0.15) is 5.26 Å². The molecule has 0 spiro atoms. The Balaban J connectivity index is 2.02. The van der Waals surface area contributed by atoms with Crippen LogP contribution in [0.15, 0.2) is 42.7 Å². The number of hydrogen-bond donors (Lipinski definition) is 0. The number of nitriles is 1. The van der Waals surface area contributed by atoms with Gasteiger partial charge in [-0.15, -0.1) is 0 Å². The highest BCUT2D eigenvalue weighted by Gasteiger charge is 2.11. The minimum Gasteiger partial charge on any atom is -0.226 e. The number of rotatable bonds is 4. The zero-order valence-electron chi connectivity index (χ0n) is 9.75. The fraction of sp³-hybridized carbons (Fsp3) is 0.214. The maximum atomic E-state index is 9.19. The molecule has 0 fully saturated rings. The molecule has 0 aliphatic carbocycles. The summed E-state index contributed by atoms with van der Waals surface area (Å²) < 4.78 is 0. The van der Waals surface area contributed by atoms with E-state index in [9.17, 15) is 5.26 Å². The van der Waals surface area contributed by atoms with Gasteiger partial charge in [0.2, 0.25) is 5.28 Å². The second-order valence-corrected chi connectivity index (χ2v) is 4.33. The lowest BCUT2D eigenvalue weighted by Gasteiger charge is -2.08. The number of nitrogens with zero attached hydrogens (tertiary/aromatic N) is 3. The van der Waals surface area contributed by atoms with E-state index in [-0.39, 0.29) is 11.2 Å². The van der Waals surface area contributed by atoms with Crippen molar-refractivity contribution >= 4 is 11.6 Å². The SMILES string of the molecule is N#C[C@@H](CCc1ccccc1)c1cnc(Cl)nc1. The molecule has 0 amide bonds. The Bertz CT molecular complexity index is 531.